The van der Waals surface area contributed by atoms with E-state index >= 15 is 0 Å². The monoisotopic (exact) mass is 351 g/mol. The van der Waals surface area contributed by atoms with Crippen LogP contribution in [0.25, 0.3) is 0 Å². The van der Waals surface area contributed by atoms with Gasteiger partial charge in [0, 0.05) is 12.7 Å². The molecule has 3 heterocycles. The van der Waals surface area contributed by atoms with Crippen molar-refractivity contribution in [3.8, 4) is 0 Å². The number of nitrogens with zero attached hydrogens (tertiary/aromatic N) is 2. The molecule has 1 amide bonds. The summed E-state index contributed by atoms with van der Waals surface area (Å²) in [5, 5.41) is 7.63. The van der Waals surface area contributed by atoms with Crippen molar-refractivity contribution in [2.24, 2.45) is 0 Å². The van der Waals surface area contributed by atoms with E-state index in [1.165, 1.54) is 17.4 Å². The number of aryl methyl sites for hydroxylation is 1. The lowest BCUT2D eigenvalue weighted by atomic mass is 10.1. The van der Waals surface area contributed by atoms with E-state index < -0.39 is 0 Å². The smallest absolute Gasteiger partial charge is 0.254 e. The van der Waals surface area contributed by atoms with Crippen molar-refractivity contribution in [1.82, 2.24) is 15.1 Å². The Morgan fingerprint density at radius 2 is 2.15 bits per heavy atom. The maximum absolute atomic E-state index is 12.3. The van der Waals surface area contributed by atoms with Crippen LogP contribution in [-0.2, 0) is 17.7 Å². The minimum atomic E-state index is -0.230. The summed E-state index contributed by atoms with van der Waals surface area (Å²) in [4.78, 5) is 12.3. The SMILES string of the molecule is Cc1occc1C(=O)NCC1OCCc2cn(Cc3ccccc3)nc21. The molecule has 1 aliphatic rings. The summed E-state index contributed by atoms with van der Waals surface area (Å²) in [6, 6.07) is 11.9. The number of fused-ring (bicyclic) bond motifs is 1. The van der Waals surface area contributed by atoms with Crippen molar-refractivity contribution in [3.63, 3.8) is 0 Å². The number of rotatable bonds is 5. The van der Waals surface area contributed by atoms with Crippen LogP contribution in [0.1, 0.15) is 39.0 Å². The minimum Gasteiger partial charge on any atom is -0.469 e. The van der Waals surface area contributed by atoms with E-state index in [9.17, 15) is 4.79 Å². The number of benzene rings is 1. The largest absolute Gasteiger partial charge is 0.469 e. The van der Waals surface area contributed by atoms with Gasteiger partial charge in [0.05, 0.1) is 30.7 Å². The lowest BCUT2D eigenvalue weighted by molar-refractivity contribution is 0.0383. The maximum Gasteiger partial charge on any atom is 0.254 e. The standard InChI is InChI=1S/C20H21N3O3/c1-14-17(8-10-25-14)20(24)21-11-18-19-16(7-9-26-18)13-23(22-19)12-15-5-3-2-4-6-15/h2-6,8,10,13,18H,7,9,11-12H2,1H3,(H,21,24). The summed E-state index contributed by atoms with van der Waals surface area (Å²) in [7, 11) is 0. The third-order valence-corrected chi connectivity index (χ3v) is 4.60. The van der Waals surface area contributed by atoms with Crippen molar-refractivity contribution >= 4 is 5.91 Å². The lowest BCUT2D eigenvalue weighted by Gasteiger charge is -2.22. The third kappa shape index (κ3) is 3.41. The number of carbonyl (C=O) groups excluding carboxylic acids is 1. The highest BCUT2D eigenvalue weighted by atomic mass is 16.5. The summed E-state index contributed by atoms with van der Waals surface area (Å²) in [6.45, 7) is 3.52. The normalized spacial score (nSPS) is 16.3. The Hall–Kier alpha value is -2.86. The molecule has 1 aliphatic heterocycles. The van der Waals surface area contributed by atoms with Crippen molar-refractivity contribution in [3.05, 3.63) is 77.0 Å². The van der Waals surface area contributed by atoms with E-state index in [0.717, 1.165) is 18.7 Å². The fourth-order valence-electron chi connectivity index (χ4n) is 3.24. The molecule has 0 aliphatic carbocycles. The first kappa shape index (κ1) is 16.6. The number of aromatic nitrogens is 2. The van der Waals surface area contributed by atoms with Gasteiger partial charge in [-0.05, 0) is 30.5 Å². The van der Waals surface area contributed by atoms with Gasteiger partial charge >= 0.3 is 0 Å². The Morgan fingerprint density at radius 3 is 2.92 bits per heavy atom. The molecule has 1 aromatic carbocycles. The third-order valence-electron chi connectivity index (χ3n) is 4.60. The molecule has 6 heteroatoms. The Labute approximate surface area is 151 Å². The molecule has 4 rings (SSSR count). The fourth-order valence-corrected chi connectivity index (χ4v) is 3.24. The van der Waals surface area contributed by atoms with Crippen molar-refractivity contribution in [2.45, 2.75) is 26.0 Å². The van der Waals surface area contributed by atoms with Crippen LogP contribution in [0.3, 0.4) is 0 Å². The molecule has 0 radical (unpaired) electrons. The van der Waals surface area contributed by atoms with Crippen LogP contribution in [0.4, 0.5) is 0 Å². The number of ether oxygens (including phenoxy) is 1. The second-order valence-electron chi connectivity index (χ2n) is 6.43. The number of hydrogen-bond donors (Lipinski definition) is 1. The highest BCUT2D eigenvalue weighted by molar-refractivity contribution is 5.95. The van der Waals surface area contributed by atoms with Gasteiger partial charge in [0.1, 0.15) is 11.9 Å². The molecule has 0 bridgehead atoms. The van der Waals surface area contributed by atoms with Crippen molar-refractivity contribution in [2.75, 3.05) is 13.2 Å². The average molecular weight is 351 g/mol. The first-order valence-electron chi connectivity index (χ1n) is 8.75. The molecule has 2 aromatic heterocycles. The van der Waals surface area contributed by atoms with Crippen LogP contribution in [-0.4, -0.2) is 28.8 Å². The first-order chi connectivity index (χ1) is 12.7. The van der Waals surface area contributed by atoms with Gasteiger partial charge in [-0.15, -0.1) is 0 Å². The van der Waals surface area contributed by atoms with Gasteiger partial charge in [0.25, 0.3) is 5.91 Å². The van der Waals surface area contributed by atoms with E-state index in [2.05, 4.69) is 23.6 Å². The molecular weight excluding hydrogens is 330 g/mol. The van der Waals surface area contributed by atoms with E-state index in [1.54, 1.807) is 13.0 Å². The van der Waals surface area contributed by atoms with E-state index in [0.29, 0.717) is 24.5 Å². The van der Waals surface area contributed by atoms with Gasteiger partial charge in [-0.25, -0.2) is 0 Å². The summed E-state index contributed by atoms with van der Waals surface area (Å²) < 4.78 is 13.0. The zero-order valence-corrected chi connectivity index (χ0v) is 14.6. The highest BCUT2D eigenvalue weighted by Crippen LogP contribution is 2.25. The lowest BCUT2D eigenvalue weighted by Crippen LogP contribution is -2.32. The number of amides is 1. The molecule has 26 heavy (non-hydrogen) atoms. The number of furan rings is 1. The molecule has 1 unspecified atom stereocenters. The zero-order valence-electron chi connectivity index (χ0n) is 14.6. The molecule has 0 saturated carbocycles. The second kappa shape index (κ2) is 7.17. The van der Waals surface area contributed by atoms with E-state index in [-0.39, 0.29) is 12.0 Å². The maximum atomic E-state index is 12.3. The first-order valence-corrected chi connectivity index (χ1v) is 8.75. The summed E-state index contributed by atoms with van der Waals surface area (Å²) >= 11 is 0. The quantitative estimate of drug-likeness (QED) is 0.767. The molecule has 0 fully saturated rings. The van der Waals surface area contributed by atoms with Crippen LogP contribution in [0.2, 0.25) is 0 Å². The van der Waals surface area contributed by atoms with Gasteiger partial charge in [-0.1, -0.05) is 30.3 Å². The van der Waals surface area contributed by atoms with Crippen LogP contribution >= 0.6 is 0 Å². The topological polar surface area (TPSA) is 69.3 Å². The zero-order chi connectivity index (χ0) is 17.9. The van der Waals surface area contributed by atoms with Crippen LogP contribution in [0.15, 0.2) is 53.3 Å². The molecule has 134 valence electrons. The molecule has 0 saturated heterocycles. The Kier molecular flexibility index (Phi) is 4.58. The molecule has 3 aromatic rings. The number of hydrogen-bond acceptors (Lipinski definition) is 4. The predicted molar refractivity (Wildman–Crippen MR) is 95.9 cm³/mol. The van der Waals surface area contributed by atoms with E-state index in [1.807, 2.05) is 22.9 Å². The summed E-state index contributed by atoms with van der Waals surface area (Å²) in [5.74, 6) is 0.454. The van der Waals surface area contributed by atoms with Gasteiger partial charge < -0.3 is 14.5 Å². The van der Waals surface area contributed by atoms with E-state index in [4.69, 9.17) is 14.3 Å². The second-order valence-corrected chi connectivity index (χ2v) is 6.43. The Balaban J connectivity index is 1.45. The van der Waals surface area contributed by atoms with Crippen molar-refractivity contribution < 1.29 is 13.9 Å². The van der Waals surface area contributed by atoms with Crippen LogP contribution in [0.5, 0.6) is 0 Å². The van der Waals surface area contributed by atoms with Crippen LogP contribution < -0.4 is 5.32 Å². The average Bonchev–Trinajstić information content (AvgIpc) is 3.26. The highest BCUT2D eigenvalue weighted by Gasteiger charge is 2.25. The van der Waals surface area contributed by atoms with Crippen LogP contribution in [0, 0.1) is 6.92 Å². The minimum absolute atomic E-state index is 0.157. The van der Waals surface area contributed by atoms with Gasteiger partial charge in [0.15, 0.2) is 0 Å². The molecule has 0 spiro atoms. The molecule has 1 N–H and O–H groups in total. The Morgan fingerprint density at radius 1 is 1.31 bits per heavy atom. The number of nitrogens with one attached hydrogen (secondary N) is 1. The molecule has 6 nitrogen and oxygen atoms in total. The van der Waals surface area contributed by atoms with Gasteiger partial charge in [0.2, 0.25) is 0 Å². The fraction of sp³-hybridized carbons (Fsp3) is 0.300. The molecule has 1 atom stereocenters. The van der Waals surface area contributed by atoms with Gasteiger partial charge in [-0.3, -0.25) is 9.48 Å². The Bertz CT molecular complexity index is 898. The van der Waals surface area contributed by atoms with Crippen molar-refractivity contribution in [1.29, 1.82) is 0 Å². The predicted octanol–water partition coefficient (Wildman–Crippen LogP) is 2.88. The van der Waals surface area contributed by atoms with Gasteiger partial charge in [-0.2, -0.15) is 5.10 Å². The summed E-state index contributed by atoms with van der Waals surface area (Å²) in [5.41, 5.74) is 3.85. The molecular formula is C20H21N3O3. The summed E-state index contributed by atoms with van der Waals surface area (Å²) in [6.07, 6.45) is 4.21. The number of carbonyl (C=O) groups is 1.